The molecule has 0 saturated carbocycles. The molecule has 2 heterocycles. The molecule has 2 N–H and O–H groups in total. The number of para-hydroxylation sites is 1. The van der Waals surface area contributed by atoms with Crippen LogP contribution < -0.4 is 11.3 Å². The molecule has 2 aromatic carbocycles. The number of ether oxygens (including phenoxy) is 1. The summed E-state index contributed by atoms with van der Waals surface area (Å²) in [4.78, 5) is 32.7. The summed E-state index contributed by atoms with van der Waals surface area (Å²) in [6.07, 6.45) is 0.829. The van der Waals surface area contributed by atoms with Crippen LogP contribution in [0, 0.1) is 0 Å². The SMILES string of the molecule is C[C@H](N)c1nc2cccc(CCC(=O)N3CCOCC3)c2c(=O)n1-c1ccccc1. The first-order chi connectivity index (χ1) is 14.6. The Morgan fingerprint density at radius 2 is 1.87 bits per heavy atom. The highest BCUT2D eigenvalue weighted by Crippen LogP contribution is 2.20. The molecule has 0 aliphatic carbocycles. The molecule has 4 rings (SSSR count). The molecule has 1 amide bonds. The number of hydrogen-bond acceptors (Lipinski definition) is 5. The van der Waals surface area contributed by atoms with E-state index in [0.717, 1.165) is 11.3 Å². The van der Waals surface area contributed by atoms with Crippen molar-refractivity contribution < 1.29 is 9.53 Å². The zero-order valence-electron chi connectivity index (χ0n) is 17.1. The molecule has 1 atom stereocenters. The summed E-state index contributed by atoms with van der Waals surface area (Å²) in [5, 5.41) is 0.542. The topological polar surface area (TPSA) is 90.5 Å². The van der Waals surface area contributed by atoms with Crippen molar-refractivity contribution in [3.8, 4) is 5.69 Å². The van der Waals surface area contributed by atoms with Crippen LogP contribution in [-0.2, 0) is 16.0 Å². The minimum Gasteiger partial charge on any atom is -0.378 e. The van der Waals surface area contributed by atoms with Crippen LogP contribution in [0.15, 0.2) is 53.3 Å². The van der Waals surface area contributed by atoms with E-state index in [4.69, 9.17) is 15.5 Å². The molecule has 1 aliphatic rings. The Morgan fingerprint density at radius 3 is 2.57 bits per heavy atom. The van der Waals surface area contributed by atoms with Gasteiger partial charge in [0.1, 0.15) is 5.82 Å². The second-order valence-corrected chi connectivity index (χ2v) is 7.54. The summed E-state index contributed by atoms with van der Waals surface area (Å²) in [5.41, 5.74) is 8.15. The quantitative estimate of drug-likeness (QED) is 0.702. The van der Waals surface area contributed by atoms with Gasteiger partial charge in [-0.2, -0.15) is 0 Å². The van der Waals surface area contributed by atoms with E-state index >= 15 is 0 Å². The molecule has 1 aliphatic heterocycles. The molecule has 156 valence electrons. The molecule has 30 heavy (non-hydrogen) atoms. The predicted molar refractivity (Wildman–Crippen MR) is 116 cm³/mol. The lowest BCUT2D eigenvalue weighted by Crippen LogP contribution is -2.40. The Labute approximate surface area is 175 Å². The third-order valence-electron chi connectivity index (χ3n) is 5.40. The Morgan fingerprint density at radius 1 is 1.13 bits per heavy atom. The number of carbonyl (C=O) groups excluding carboxylic acids is 1. The van der Waals surface area contributed by atoms with Crippen LogP contribution in [-0.4, -0.2) is 46.7 Å². The number of hydrogen-bond donors (Lipinski definition) is 1. The van der Waals surface area contributed by atoms with E-state index in [0.29, 0.717) is 55.9 Å². The number of rotatable bonds is 5. The fourth-order valence-electron chi connectivity index (χ4n) is 3.87. The number of fused-ring (bicyclic) bond motifs is 1. The summed E-state index contributed by atoms with van der Waals surface area (Å²) < 4.78 is 6.90. The number of morpholine rings is 1. The number of carbonyl (C=O) groups is 1. The molecule has 7 nitrogen and oxygen atoms in total. The minimum absolute atomic E-state index is 0.0823. The minimum atomic E-state index is -0.408. The predicted octanol–water partition coefficient (Wildman–Crippen LogP) is 2.20. The van der Waals surface area contributed by atoms with Crippen molar-refractivity contribution in [2.75, 3.05) is 26.3 Å². The fraction of sp³-hybridized carbons (Fsp3) is 0.348. The van der Waals surface area contributed by atoms with Gasteiger partial charge in [0, 0.05) is 19.5 Å². The Balaban J connectivity index is 1.75. The van der Waals surface area contributed by atoms with E-state index in [9.17, 15) is 9.59 Å². The van der Waals surface area contributed by atoms with E-state index in [2.05, 4.69) is 0 Å². The molecule has 1 aromatic heterocycles. The maximum absolute atomic E-state index is 13.6. The maximum atomic E-state index is 13.6. The number of aromatic nitrogens is 2. The second kappa shape index (κ2) is 8.77. The largest absolute Gasteiger partial charge is 0.378 e. The first-order valence-corrected chi connectivity index (χ1v) is 10.3. The maximum Gasteiger partial charge on any atom is 0.266 e. The first-order valence-electron chi connectivity index (χ1n) is 10.3. The summed E-state index contributed by atoms with van der Waals surface area (Å²) in [5.74, 6) is 0.596. The number of amides is 1. The van der Waals surface area contributed by atoms with Crippen molar-refractivity contribution in [1.82, 2.24) is 14.5 Å². The van der Waals surface area contributed by atoms with Gasteiger partial charge < -0.3 is 15.4 Å². The fourth-order valence-corrected chi connectivity index (χ4v) is 3.87. The van der Waals surface area contributed by atoms with Crippen LogP contribution in [0.1, 0.15) is 30.8 Å². The van der Waals surface area contributed by atoms with E-state index in [1.165, 1.54) is 0 Å². The van der Waals surface area contributed by atoms with Gasteiger partial charge in [0.25, 0.3) is 5.56 Å². The molecule has 0 bridgehead atoms. The van der Waals surface area contributed by atoms with E-state index in [-0.39, 0.29) is 11.5 Å². The standard InChI is InChI=1S/C23H26N4O3/c1-16(24)22-25-19-9-5-6-17(10-11-20(28)26-12-14-30-15-13-26)21(19)23(29)27(22)18-7-3-2-4-8-18/h2-9,16H,10-15,24H2,1H3/t16-/m0/s1. The molecule has 7 heteroatoms. The summed E-state index contributed by atoms with van der Waals surface area (Å²) in [7, 11) is 0. The van der Waals surface area contributed by atoms with Crippen LogP contribution in [0.5, 0.6) is 0 Å². The van der Waals surface area contributed by atoms with Gasteiger partial charge in [-0.3, -0.25) is 14.2 Å². The van der Waals surface area contributed by atoms with E-state index < -0.39 is 6.04 Å². The number of nitrogens with two attached hydrogens (primary N) is 1. The normalized spacial score (nSPS) is 15.3. The van der Waals surface area contributed by atoms with Gasteiger partial charge >= 0.3 is 0 Å². The number of nitrogens with zero attached hydrogens (tertiary/aromatic N) is 3. The number of aryl methyl sites for hydroxylation is 1. The zero-order valence-corrected chi connectivity index (χ0v) is 17.1. The molecule has 0 spiro atoms. The molecule has 1 saturated heterocycles. The summed E-state index contributed by atoms with van der Waals surface area (Å²) in [6.45, 7) is 4.21. The van der Waals surface area contributed by atoms with E-state index in [1.54, 1.807) is 4.57 Å². The third kappa shape index (κ3) is 3.99. The average molecular weight is 406 g/mol. The van der Waals surface area contributed by atoms with Crippen LogP contribution in [0.4, 0.5) is 0 Å². The van der Waals surface area contributed by atoms with Crippen molar-refractivity contribution in [2.24, 2.45) is 5.73 Å². The zero-order chi connectivity index (χ0) is 21.1. The number of benzene rings is 2. The summed E-state index contributed by atoms with van der Waals surface area (Å²) in [6, 6.07) is 14.6. The van der Waals surface area contributed by atoms with Crippen LogP contribution in [0.25, 0.3) is 16.6 Å². The lowest BCUT2D eigenvalue weighted by Gasteiger charge is -2.27. The smallest absolute Gasteiger partial charge is 0.266 e. The summed E-state index contributed by atoms with van der Waals surface area (Å²) >= 11 is 0. The van der Waals surface area contributed by atoms with Gasteiger partial charge in [-0.15, -0.1) is 0 Å². The molecule has 1 fully saturated rings. The molecule has 0 radical (unpaired) electrons. The van der Waals surface area contributed by atoms with Gasteiger partial charge in [0.2, 0.25) is 5.91 Å². The lowest BCUT2D eigenvalue weighted by atomic mass is 10.0. The highest BCUT2D eigenvalue weighted by atomic mass is 16.5. The Bertz CT molecular complexity index is 1100. The molecule has 3 aromatic rings. The highest BCUT2D eigenvalue weighted by Gasteiger charge is 2.20. The highest BCUT2D eigenvalue weighted by molar-refractivity contribution is 5.83. The molecule has 0 unspecified atom stereocenters. The van der Waals surface area contributed by atoms with Crippen LogP contribution in [0.3, 0.4) is 0 Å². The Hall–Kier alpha value is -3.03. The van der Waals surface area contributed by atoms with Gasteiger partial charge in [-0.1, -0.05) is 30.3 Å². The average Bonchev–Trinajstić information content (AvgIpc) is 2.78. The van der Waals surface area contributed by atoms with Crippen LogP contribution in [0.2, 0.25) is 0 Å². The molecular weight excluding hydrogens is 380 g/mol. The third-order valence-corrected chi connectivity index (χ3v) is 5.40. The second-order valence-electron chi connectivity index (χ2n) is 7.54. The van der Waals surface area contributed by atoms with Gasteiger partial charge in [0.15, 0.2) is 0 Å². The van der Waals surface area contributed by atoms with Crippen molar-refractivity contribution in [2.45, 2.75) is 25.8 Å². The first kappa shape index (κ1) is 20.3. The van der Waals surface area contributed by atoms with Crippen molar-refractivity contribution in [3.05, 3.63) is 70.3 Å². The van der Waals surface area contributed by atoms with E-state index in [1.807, 2.05) is 60.4 Å². The Kier molecular flexibility index (Phi) is 5.92. The van der Waals surface area contributed by atoms with Gasteiger partial charge in [0.05, 0.1) is 35.8 Å². The van der Waals surface area contributed by atoms with Crippen LogP contribution >= 0.6 is 0 Å². The lowest BCUT2D eigenvalue weighted by molar-refractivity contribution is -0.135. The van der Waals surface area contributed by atoms with Crippen molar-refractivity contribution >= 4 is 16.8 Å². The monoisotopic (exact) mass is 406 g/mol. The van der Waals surface area contributed by atoms with Gasteiger partial charge in [-0.05, 0) is 37.1 Å². The van der Waals surface area contributed by atoms with Crippen molar-refractivity contribution in [1.29, 1.82) is 0 Å². The molecular formula is C23H26N4O3. The van der Waals surface area contributed by atoms with Gasteiger partial charge in [-0.25, -0.2) is 4.98 Å². The van der Waals surface area contributed by atoms with Crippen molar-refractivity contribution in [3.63, 3.8) is 0 Å².